The number of sulfone groups is 1. The molecule has 3 nitrogen and oxygen atoms in total. The van der Waals surface area contributed by atoms with E-state index in [4.69, 9.17) is 23.2 Å². The van der Waals surface area contributed by atoms with Gasteiger partial charge in [0.05, 0.1) is 5.75 Å². The van der Waals surface area contributed by atoms with E-state index in [1.54, 1.807) is 24.3 Å². The van der Waals surface area contributed by atoms with Gasteiger partial charge in [0.1, 0.15) is 11.0 Å². The third-order valence-electron chi connectivity index (χ3n) is 3.63. The molecule has 0 heterocycles. The maximum absolute atomic E-state index is 12.5. The van der Waals surface area contributed by atoms with Crippen molar-refractivity contribution in [2.45, 2.75) is 19.6 Å². The zero-order valence-corrected chi connectivity index (χ0v) is 15.5. The van der Waals surface area contributed by atoms with Crippen molar-refractivity contribution in [2.75, 3.05) is 0 Å². The lowest BCUT2D eigenvalue weighted by molar-refractivity contribution is 0.602. The van der Waals surface area contributed by atoms with Crippen LogP contribution in [0.2, 0.25) is 10.0 Å². The first-order valence-electron chi connectivity index (χ1n) is 7.08. The van der Waals surface area contributed by atoms with Gasteiger partial charge in [-0.15, -0.1) is 0 Å². The predicted molar refractivity (Wildman–Crippen MR) is 98.6 cm³/mol. The Bertz CT molecular complexity index is 957. The first-order valence-corrected chi connectivity index (χ1v) is 9.49. The molecule has 0 spiro atoms. The molecule has 0 fully saturated rings. The fourth-order valence-corrected chi connectivity index (χ4v) is 3.94. The number of allylic oxidation sites excluding steroid dienone is 1. The Kier molecular flexibility index (Phi) is 5.71. The van der Waals surface area contributed by atoms with Crippen LogP contribution < -0.4 is 0 Å². The average Bonchev–Trinajstić information content (AvgIpc) is 2.51. The molecule has 24 heavy (non-hydrogen) atoms. The van der Waals surface area contributed by atoms with Crippen molar-refractivity contribution in [3.05, 3.63) is 73.6 Å². The largest absolute Gasteiger partial charge is 0.223 e. The molecular formula is C18H15Cl2NO2S. The highest BCUT2D eigenvalue weighted by atomic mass is 35.5. The molecule has 0 amide bonds. The van der Waals surface area contributed by atoms with Crippen LogP contribution >= 0.6 is 23.2 Å². The van der Waals surface area contributed by atoms with Gasteiger partial charge >= 0.3 is 0 Å². The van der Waals surface area contributed by atoms with Crippen LogP contribution in [0.25, 0.3) is 6.08 Å². The van der Waals surface area contributed by atoms with Gasteiger partial charge in [-0.25, -0.2) is 8.42 Å². The molecule has 0 saturated carbocycles. The molecule has 2 aromatic carbocycles. The van der Waals surface area contributed by atoms with Crippen molar-refractivity contribution < 1.29 is 8.42 Å². The molecule has 0 aliphatic heterocycles. The van der Waals surface area contributed by atoms with Crippen molar-refractivity contribution in [2.24, 2.45) is 0 Å². The summed E-state index contributed by atoms with van der Waals surface area (Å²) in [5, 5.41) is 9.97. The topological polar surface area (TPSA) is 57.9 Å². The molecular weight excluding hydrogens is 365 g/mol. The lowest BCUT2D eigenvalue weighted by Gasteiger charge is -2.07. The predicted octanol–water partition coefficient (Wildman–Crippen LogP) is 5.09. The normalized spacial score (nSPS) is 12.0. The Hall–Kier alpha value is -1.80. The van der Waals surface area contributed by atoms with Gasteiger partial charge in [0.15, 0.2) is 9.84 Å². The van der Waals surface area contributed by atoms with Crippen LogP contribution in [0, 0.1) is 25.2 Å². The molecule has 0 aromatic heterocycles. The second kappa shape index (κ2) is 7.40. The summed E-state index contributed by atoms with van der Waals surface area (Å²) >= 11 is 11.8. The molecule has 6 heteroatoms. The average molecular weight is 380 g/mol. The van der Waals surface area contributed by atoms with E-state index in [9.17, 15) is 13.7 Å². The summed E-state index contributed by atoms with van der Waals surface area (Å²) in [6.07, 6.45) is 1.38. The van der Waals surface area contributed by atoms with Crippen LogP contribution in [0.3, 0.4) is 0 Å². The number of hydrogen-bond acceptors (Lipinski definition) is 3. The lowest BCUT2D eigenvalue weighted by Crippen LogP contribution is -2.07. The molecule has 0 saturated heterocycles. The number of nitriles is 1. The van der Waals surface area contributed by atoms with Gasteiger partial charge in [0.25, 0.3) is 0 Å². The van der Waals surface area contributed by atoms with Gasteiger partial charge < -0.3 is 0 Å². The van der Waals surface area contributed by atoms with Crippen LogP contribution in [-0.2, 0) is 15.6 Å². The fourth-order valence-electron chi connectivity index (χ4n) is 2.12. The molecule has 0 bridgehead atoms. The van der Waals surface area contributed by atoms with E-state index in [1.807, 2.05) is 26.0 Å². The highest BCUT2D eigenvalue weighted by Crippen LogP contribution is 2.25. The SMILES string of the molecule is Cc1ccc(/C=C(\C#N)S(=O)(=O)Cc2ccc(Cl)cc2Cl)cc1C. The highest BCUT2D eigenvalue weighted by molar-refractivity contribution is 7.95. The number of halogens is 2. The minimum atomic E-state index is -3.81. The van der Waals surface area contributed by atoms with Crippen molar-refractivity contribution in [1.82, 2.24) is 0 Å². The molecule has 0 aliphatic rings. The minimum Gasteiger partial charge on any atom is -0.223 e. The summed E-state index contributed by atoms with van der Waals surface area (Å²) in [5.41, 5.74) is 3.20. The second-order valence-electron chi connectivity index (χ2n) is 5.46. The van der Waals surface area contributed by atoms with Crippen molar-refractivity contribution in [1.29, 1.82) is 5.26 Å². The van der Waals surface area contributed by atoms with E-state index in [0.717, 1.165) is 11.1 Å². The molecule has 2 aromatic rings. The van der Waals surface area contributed by atoms with Gasteiger partial charge in [-0.05, 0) is 54.3 Å². The van der Waals surface area contributed by atoms with Crippen LogP contribution in [0.4, 0.5) is 0 Å². The number of hydrogen-bond donors (Lipinski definition) is 0. The first-order chi connectivity index (χ1) is 11.2. The third-order valence-corrected chi connectivity index (χ3v) is 5.79. The van der Waals surface area contributed by atoms with Crippen LogP contribution in [0.15, 0.2) is 41.3 Å². The number of aryl methyl sites for hydroxylation is 2. The first kappa shape index (κ1) is 18.5. The van der Waals surface area contributed by atoms with Gasteiger partial charge in [0.2, 0.25) is 0 Å². The smallest absolute Gasteiger partial charge is 0.192 e. The van der Waals surface area contributed by atoms with Crippen LogP contribution in [0.1, 0.15) is 22.3 Å². The van der Waals surface area contributed by atoms with Crippen LogP contribution in [-0.4, -0.2) is 8.42 Å². The Labute approximate surface area is 152 Å². The number of rotatable bonds is 4. The van der Waals surface area contributed by atoms with E-state index in [0.29, 0.717) is 16.1 Å². The summed E-state index contributed by atoms with van der Waals surface area (Å²) in [6, 6.07) is 11.9. The Morgan fingerprint density at radius 1 is 1.12 bits per heavy atom. The van der Waals surface area contributed by atoms with Crippen LogP contribution in [0.5, 0.6) is 0 Å². The zero-order chi connectivity index (χ0) is 17.9. The lowest BCUT2D eigenvalue weighted by atomic mass is 10.1. The fraction of sp³-hybridized carbons (Fsp3) is 0.167. The van der Waals surface area contributed by atoms with E-state index >= 15 is 0 Å². The van der Waals surface area contributed by atoms with E-state index in [2.05, 4.69) is 0 Å². The summed E-state index contributed by atoms with van der Waals surface area (Å²) in [6.45, 7) is 3.90. The van der Waals surface area contributed by atoms with Gasteiger partial charge in [-0.1, -0.05) is 47.5 Å². The summed E-state index contributed by atoms with van der Waals surface area (Å²) < 4.78 is 25.1. The molecule has 124 valence electrons. The van der Waals surface area contributed by atoms with Gasteiger partial charge in [-0.3, -0.25) is 0 Å². The second-order valence-corrected chi connectivity index (χ2v) is 8.26. The molecule has 0 radical (unpaired) electrons. The third kappa shape index (κ3) is 4.39. The number of benzene rings is 2. The molecule has 0 unspecified atom stereocenters. The van der Waals surface area contributed by atoms with E-state index < -0.39 is 9.84 Å². The van der Waals surface area contributed by atoms with Crippen molar-refractivity contribution in [3.8, 4) is 6.07 Å². The van der Waals surface area contributed by atoms with E-state index in [1.165, 1.54) is 12.1 Å². The molecule has 0 atom stereocenters. The standard InChI is InChI=1S/C18H15Cl2NO2S/c1-12-3-4-14(7-13(12)2)8-17(10-21)24(22,23)11-15-5-6-16(19)9-18(15)20/h3-9H,11H2,1-2H3/b17-8+. The Morgan fingerprint density at radius 3 is 2.42 bits per heavy atom. The molecule has 0 N–H and O–H groups in total. The van der Waals surface area contributed by atoms with Crippen molar-refractivity contribution in [3.63, 3.8) is 0 Å². The van der Waals surface area contributed by atoms with Crippen molar-refractivity contribution >= 4 is 39.1 Å². The summed E-state index contributed by atoms with van der Waals surface area (Å²) in [4.78, 5) is -0.295. The highest BCUT2D eigenvalue weighted by Gasteiger charge is 2.20. The Morgan fingerprint density at radius 2 is 1.83 bits per heavy atom. The Balaban J connectivity index is 2.39. The minimum absolute atomic E-state index is 0.259. The summed E-state index contributed by atoms with van der Waals surface area (Å²) in [5.74, 6) is -0.354. The summed E-state index contributed by atoms with van der Waals surface area (Å²) in [7, 11) is -3.81. The molecule has 2 rings (SSSR count). The molecule has 0 aliphatic carbocycles. The maximum Gasteiger partial charge on any atom is 0.192 e. The van der Waals surface area contributed by atoms with E-state index in [-0.39, 0.29) is 15.7 Å². The number of nitrogens with zero attached hydrogens (tertiary/aromatic N) is 1. The maximum atomic E-state index is 12.5. The van der Waals surface area contributed by atoms with Gasteiger partial charge in [-0.2, -0.15) is 5.26 Å². The quantitative estimate of drug-likeness (QED) is 0.695. The van der Waals surface area contributed by atoms with Gasteiger partial charge in [0, 0.05) is 10.0 Å². The monoisotopic (exact) mass is 379 g/mol. The zero-order valence-electron chi connectivity index (χ0n) is 13.2.